The van der Waals surface area contributed by atoms with Crippen molar-refractivity contribution in [1.29, 1.82) is 0 Å². The van der Waals surface area contributed by atoms with E-state index in [0.29, 0.717) is 0 Å². The summed E-state index contributed by atoms with van der Waals surface area (Å²) in [6.45, 7) is 0. The van der Waals surface area contributed by atoms with E-state index in [2.05, 4.69) is 10.1 Å². The van der Waals surface area contributed by atoms with Crippen LogP contribution in [-0.4, -0.2) is 30.0 Å². The van der Waals surface area contributed by atoms with Crippen LogP contribution in [0.1, 0.15) is 11.6 Å². The zero-order valence-electron chi connectivity index (χ0n) is 8.32. The minimum atomic E-state index is -5.15. The van der Waals surface area contributed by atoms with E-state index in [1.54, 1.807) is 0 Å². The fraction of sp³-hybridized carbons (Fsp3) is 0.500. The van der Waals surface area contributed by atoms with Crippen molar-refractivity contribution in [2.24, 2.45) is 0 Å². The van der Waals surface area contributed by atoms with Gasteiger partial charge in [-0.15, -0.1) is 5.10 Å². The molecule has 0 atom stereocenters. The Kier molecular flexibility index (Phi) is 3.07. The highest BCUT2D eigenvalue weighted by atomic mass is 19.4. The van der Waals surface area contributed by atoms with Crippen molar-refractivity contribution in [2.75, 3.05) is 0 Å². The Morgan fingerprint density at radius 1 is 1.00 bits per heavy atom. The molecule has 0 aromatic carbocycles. The predicted molar refractivity (Wildman–Crippen MR) is 44.0 cm³/mol. The van der Waals surface area contributed by atoms with E-state index in [4.69, 9.17) is 0 Å². The van der Waals surface area contributed by atoms with Crippen LogP contribution in [-0.2, 0) is 12.0 Å². The largest absolute Gasteiger partial charge is 0.765 e. The summed E-state index contributed by atoms with van der Waals surface area (Å²) in [6, 6.07) is 0. The van der Waals surface area contributed by atoms with Crippen LogP contribution in [0.25, 0.3) is 0 Å². The highest BCUT2D eigenvalue weighted by Gasteiger charge is 2.76. The van der Waals surface area contributed by atoms with Crippen molar-refractivity contribution >= 4 is 0 Å². The van der Waals surface area contributed by atoms with Crippen LogP contribution in [0.3, 0.4) is 0 Å². The van der Waals surface area contributed by atoms with Crippen molar-refractivity contribution < 1.29 is 27.9 Å². The molecule has 0 radical (unpaired) electrons. The normalized spacial score (nSPS) is 12.2. The first-order chi connectivity index (χ1) is 8.54. The smallest absolute Gasteiger partial charge is 0.255 e. The van der Waals surface area contributed by atoms with E-state index >= 15 is 0 Å². The van der Waals surface area contributed by atoms with Gasteiger partial charge in [-0.2, -0.15) is 18.2 Å². The zero-order chi connectivity index (χ0) is 15.0. The lowest BCUT2D eigenvalue weighted by Crippen LogP contribution is -2.51. The number of aromatic nitrogens is 3. The maximum Gasteiger partial charge on any atom is 0.765 e. The molecule has 0 fully saturated rings. The number of rotatable bonds is 4. The summed E-state index contributed by atoms with van der Waals surface area (Å²) >= 11 is 0. The monoisotopic (exact) mass is 286 g/mol. The van der Waals surface area contributed by atoms with Gasteiger partial charge in [-0.25, -0.2) is 0 Å². The van der Waals surface area contributed by atoms with Gasteiger partial charge in [-0.1, -0.05) is 0 Å². The lowest BCUT2D eigenvalue weighted by Gasteiger charge is -2.04. The quantitative estimate of drug-likeness (QED) is 0.448. The van der Waals surface area contributed by atoms with Gasteiger partial charge in [0.25, 0.3) is 0 Å². The molecule has 0 saturated heterocycles. The number of aromatic amines is 1. The van der Waals surface area contributed by atoms with Gasteiger partial charge in [0.15, 0.2) is 14.8 Å². The standard InChI is InChI=1S/C4HF3N6O6/c5-3(6,7)1-8-2(10-9-1)4(11(14)15,12(16)17)13(18)19/h(H,8,9,10). The van der Waals surface area contributed by atoms with Crippen LogP contribution in [0.5, 0.6) is 0 Å². The van der Waals surface area contributed by atoms with E-state index in [1.165, 1.54) is 0 Å². The molecule has 0 aliphatic carbocycles. The Labute approximate surface area is 98.2 Å². The highest BCUT2D eigenvalue weighted by Crippen LogP contribution is 2.29. The molecule has 1 aromatic rings. The molecule has 0 spiro atoms. The first-order valence-electron chi connectivity index (χ1n) is 3.98. The minimum Gasteiger partial charge on any atom is -0.255 e. The molecular weight excluding hydrogens is 285 g/mol. The van der Waals surface area contributed by atoms with Crippen LogP contribution < -0.4 is 0 Å². The predicted octanol–water partition coefficient (Wildman–Crippen LogP) is -0.236. The van der Waals surface area contributed by atoms with Crippen LogP contribution >= 0.6 is 0 Å². The number of hydrogen-bond acceptors (Lipinski definition) is 8. The summed E-state index contributed by atoms with van der Waals surface area (Å²) < 4.78 is 36.4. The second-order valence-corrected chi connectivity index (χ2v) is 2.91. The molecule has 0 bridgehead atoms. The average Bonchev–Trinajstić information content (AvgIpc) is 2.65. The highest BCUT2D eigenvalue weighted by molar-refractivity contribution is 4.97. The lowest BCUT2D eigenvalue weighted by molar-refractivity contribution is -0.987. The van der Waals surface area contributed by atoms with Crippen molar-refractivity contribution in [2.45, 2.75) is 12.0 Å². The summed E-state index contributed by atoms with van der Waals surface area (Å²) in [5.41, 5.74) is 0. The average molecular weight is 286 g/mol. The first-order valence-corrected chi connectivity index (χ1v) is 3.98. The van der Waals surface area contributed by atoms with E-state index < -0.39 is 38.4 Å². The van der Waals surface area contributed by atoms with Gasteiger partial charge in [0, 0.05) is 0 Å². The van der Waals surface area contributed by atoms with Crippen LogP contribution in [0.4, 0.5) is 13.2 Å². The number of H-pyrrole nitrogens is 1. The maximum absolute atomic E-state index is 12.1. The summed E-state index contributed by atoms with van der Waals surface area (Å²) in [6.07, 6.45) is -5.15. The van der Waals surface area contributed by atoms with Crippen molar-refractivity contribution in [1.82, 2.24) is 15.2 Å². The molecular formula is C4HF3N6O6. The zero-order valence-corrected chi connectivity index (χ0v) is 8.32. The van der Waals surface area contributed by atoms with Gasteiger partial charge in [0.1, 0.15) is 0 Å². The molecule has 1 N–H and O–H groups in total. The van der Waals surface area contributed by atoms with Gasteiger partial charge in [-0.05, 0) is 0 Å². The van der Waals surface area contributed by atoms with Crippen LogP contribution in [0, 0.1) is 30.3 Å². The van der Waals surface area contributed by atoms with Gasteiger partial charge in [0.05, 0.1) is 0 Å². The first kappa shape index (κ1) is 14.2. The van der Waals surface area contributed by atoms with Crippen LogP contribution in [0.2, 0.25) is 0 Å². The number of nitrogens with zero attached hydrogens (tertiary/aromatic N) is 5. The molecule has 0 saturated carbocycles. The molecule has 12 nitrogen and oxygen atoms in total. The molecule has 0 unspecified atom stereocenters. The Balaban J connectivity index is 3.51. The van der Waals surface area contributed by atoms with Gasteiger partial charge < -0.3 is 0 Å². The second-order valence-electron chi connectivity index (χ2n) is 2.91. The van der Waals surface area contributed by atoms with Gasteiger partial charge in [-0.3, -0.25) is 35.4 Å². The number of alkyl halides is 3. The molecule has 0 amide bonds. The van der Waals surface area contributed by atoms with E-state index in [0.717, 1.165) is 5.10 Å². The number of nitro groups is 3. The fourth-order valence-electron chi connectivity index (χ4n) is 0.984. The summed E-state index contributed by atoms with van der Waals surface area (Å²) in [5, 5.41) is 35.2. The molecule has 1 aromatic heterocycles. The van der Waals surface area contributed by atoms with E-state index in [9.17, 15) is 43.5 Å². The summed E-state index contributed by atoms with van der Waals surface area (Å²) in [4.78, 5) is 27.9. The Hall–Kier alpha value is -2.87. The van der Waals surface area contributed by atoms with Crippen molar-refractivity contribution in [3.63, 3.8) is 0 Å². The molecule has 104 valence electrons. The SMILES string of the molecule is O=[N+]([O-])C(c1n[nH]c(C(F)(F)F)n1)([N+](=O)[O-])[N+](=O)[O-]. The lowest BCUT2D eigenvalue weighted by atomic mass is 10.3. The molecule has 1 heterocycles. The van der Waals surface area contributed by atoms with Gasteiger partial charge >= 0.3 is 17.8 Å². The Bertz CT molecular complexity index is 515. The Morgan fingerprint density at radius 3 is 1.68 bits per heavy atom. The molecule has 0 aliphatic heterocycles. The second kappa shape index (κ2) is 4.10. The van der Waals surface area contributed by atoms with E-state index in [1.807, 2.05) is 0 Å². The topological polar surface area (TPSA) is 171 Å². The molecule has 19 heavy (non-hydrogen) atoms. The fourth-order valence-corrected chi connectivity index (χ4v) is 0.984. The third kappa shape index (κ3) is 2.00. The van der Waals surface area contributed by atoms with Crippen molar-refractivity contribution in [3.8, 4) is 0 Å². The van der Waals surface area contributed by atoms with E-state index in [-0.39, 0.29) is 0 Å². The number of nitrogens with one attached hydrogen (secondary N) is 1. The summed E-state index contributed by atoms with van der Waals surface area (Å²) in [5.74, 6) is -8.07. The van der Waals surface area contributed by atoms with Crippen molar-refractivity contribution in [3.05, 3.63) is 42.0 Å². The molecule has 0 aliphatic rings. The summed E-state index contributed by atoms with van der Waals surface area (Å²) in [7, 11) is 0. The third-order valence-corrected chi connectivity index (χ3v) is 1.82. The van der Waals surface area contributed by atoms with Crippen LogP contribution in [0.15, 0.2) is 0 Å². The maximum atomic E-state index is 12.1. The Morgan fingerprint density at radius 2 is 1.42 bits per heavy atom. The molecule has 15 heteroatoms. The number of halogens is 3. The number of hydrogen-bond donors (Lipinski definition) is 1. The minimum absolute atomic E-state index is 1.12. The third-order valence-electron chi connectivity index (χ3n) is 1.82. The molecule has 1 rings (SSSR count). The van der Waals surface area contributed by atoms with Gasteiger partial charge in [0.2, 0.25) is 5.82 Å².